The van der Waals surface area contributed by atoms with Gasteiger partial charge in [0, 0.05) is 76.9 Å². The lowest BCUT2D eigenvalue weighted by atomic mass is 9.96. The van der Waals surface area contributed by atoms with Crippen LogP contribution >= 0.6 is 0 Å². The molecule has 8 N–H and O–H groups in total. The Hall–Kier alpha value is -11.1. The minimum Gasteiger partial charge on any atom is -0.481 e. The number of anilines is 7. The van der Waals surface area contributed by atoms with E-state index in [-0.39, 0.29) is 66.1 Å². The summed E-state index contributed by atoms with van der Waals surface area (Å²) in [6.45, 7) is 30.9. The maximum atomic E-state index is 13.1. The van der Waals surface area contributed by atoms with E-state index in [1.165, 1.54) is 32.0 Å². The van der Waals surface area contributed by atoms with Gasteiger partial charge in [0.1, 0.15) is 0 Å². The maximum absolute atomic E-state index is 13.1. The van der Waals surface area contributed by atoms with E-state index in [0.717, 1.165) is 104 Å². The second-order valence-electron chi connectivity index (χ2n) is 26.5. The average Bonchev–Trinajstić information content (AvgIpc) is 1.66. The number of nitrogens with one attached hydrogen (secondary N) is 2. The molecule has 3 saturated heterocycles. The lowest BCUT2D eigenvalue weighted by Crippen LogP contribution is -2.29. The van der Waals surface area contributed by atoms with Crippen molar-refractivity contribution in [2.24, 2.45) is 35.5 Å². The molecule has 0 saturated carbocycles. The topological polar surface area (TPSA) is 280 Å². The van der Waals surface area contributed by atoms with Gasteiger partial charge in [-0.25, -0.2) is 4.79 Å². The average molecular weight is 1500 g/mol. The number of aryl methyl sites for hydroxylation is 11. The van der Waals surface area contributed by atoms with Crippen molar-refractivity contribution in [1.29, 1.82) is 0 Å². The van der Waals surface area contributed by atoms with Crippen molar-refractivity contribution in [3.8, 4) is 0 Å². The summed E-state index contributed by atoms with van der Waals surface area (Å²) < 4.78 is 115. The van der Waals surface area contributed by atoms with Crippen LogP contribution in [0.25, 0.3) is 0 Å². The van der Waals surface area contributed by atoms with Gasteiger partial charge < -0.3 is 47.0 Å². The summed E-state index contributed by atoms with van der Waals surface area (Å²) >= 11 is 0. The third kappa shape index (κ3) is 24.0. The van der Waals surface area contributed by atoms with Gasteiger partial charge in [-0.15, -0.1) is 0 Å². The van der Waals surface area contributed by atoms with E-state index in [2.05, 4.69) is 17.2 Å². The predicted octanol–water partition coefficient (Wildman–Crippen LogP) is 16.7. The van der Waals surface area contributed by atoms with Crippen LogP contribution in [0, 0.1) is 112 Å². The van der Waals surface area contributed by atoms with Crippen LogP contribution in [0.1, 0.15) is 112 Å². The monoisotopic (exact) mass is 1500 g/mol. The standard InChI is InChI=1S/2C22H23F3N2O2.C14H17NO3.C8H8F3N.C8H11N.C5H8O2.CO2/c2*1-12-8-16(22(23,24)25)10-17(9-12)26-20(28)18-11-27(21(29)15(18)4)19-13(2)6-5-7-14(19)3;1-8-5-4-6-9(2)12(8)15-7-11(14(17)18)10(3)13(15)16;1-5-2-6(8(9,10)11)4-7(12)3-5;1-6-4-3-5-7(2)8(6)9;1-3-4(2)5(6)7;2-1-3/h2*5-10,15,18H,11H2,1-4H3,(H,26,28);4-6,10-11H,7H2,1-3H3,(H,17,18);2-4H,12H2,1H3;3-5H,9H2,1-2H3;2-3H2,1H3,(H,6,7);/t15-,18+;15-,18-;;;;;/m01...../s1. The molecule has 0 radical (unpaired) electrons. The fraction of sp³-hybridized carbons (Fsp3) is 0.350. The lowest BCUT2D eigenvalue weighted by Gasteiger charge is -2.21. The first kappa shape index (κ1) is 88.3. The molecule has 3 heterocycles. The number of carboxylic acids is 2. The second-order valence-corrected chi connectivity index (χ2v) is 26.5. The summed E-state index contributed by atoms with van der Waals surface area (Å²) in [5.74, 6) is -6.67. The summed E-state index contributed by atoms with van der Waals surface area (Å²) in [5.41, 5.74) is 21.9. The van der Waals surface area contributed by atoms with E-state index in [1.807, 2.05) is 128 Å². The molecule has 0 bridgehead atoms. The van der Waals surface area contributed by atoms with Crippen LogP contribution < -0.4 is 36.8 Å². The molecule has 0 aliphatic carbocycles. The summed E-state index contributed by atoms with van der Waals surface area (Å²) in [6.07, 6.45) is -12.5. The highest BCUT2D eigenvalue weighted by Gasteiger charge is 2.46. The molecule has 107 heavy (non-hydrogen) atoms. The number of hydrogen-bond donors (Lipinski definition) is 6. The number of rotatable bonds is 10. The number of nitrogens with two attached hydrogens (primary N) is 2. The molecule has 3 aliphatic heterocycles. The van der Waals surface area contributed by atoms with E-state index in [9.17, 15) is 73.1 Å². The fourth-order valence-corrected chi connectivity index (χ4v) is 12.3. The molecule has 0 aromatic heterocycles. The highest BCUT2D eigenvalue weighted by molar-refractivity contribution is 6.07. The quantitative estimate of drug-likeness (QED) is 0.0423. The van der Waals surface area contributed by atoms with Crippen LogP contribution in [0.4, 0.5) is 79.3 Å². The number of nitrogen functional groups attached to an aromatic ring is 2. The van der Waals surface area contributed by atoms with E-state index in [4.69, 9.17) is 31.3 Å². The molecule has 2 unspecified atom stereocenters. The van der Waals surface area contributed by atoms with Gasteiger partial charge in [0.15, 0.2) is 0 Å². The van der Waals surface area contributed by atoms with Crippen molar-refractivity contribution in [3.05, 3.63) is 217 Å². The van der Waals surface area contributed by atoms with E-state index in [0.29, 0.717) is 23.1 Å². The second kappa shape index (κ2) is 37.8. The van der Waals surface area contributed by atoms with Crippen molar-refractivity contribution < 1.29 is 92.9 Å². The zero-order valence-corrected chi connectivity index (χ0v) is 62.1. The van der Waals surface area contributed by atoms with Crippen LogP contribution in [0.5, 0.6) is 0 Å². The number of carbonyl (C=O) groups excluding carboxylic acids is 7. The normalized spacial score (nSPS) is 17.3. The smallest absolute Gasteiger partial charge is 0.416 e. The van der Waals surface area contributed by atoms with Crippen LogP contribution in [0.3, 0.4) is 0 Å². The highest BCUT2D eigenvalue weighted by Crippen LogP contribution is 2.40. The van der Waals surface area contributed by atoms with E-state index >= 15 is 0 Å². The molecule has 3 fully saturated rings. The first-order valence-corrected chi connectivity index (χ1v) is 33.6. The SMILES string of the molecule is C=C(CC)C(=O)O.Cc1cc(N)cc(C(F)(F)F)c1.Cc1cc(NC(=O)[C@@H]2CN(c3c(C)cccc3C)C(=O)[C@@H]2C)cc(C(F)(F)F)c1.Cc1cc(NC(=O)[C@@H]2CN(c3c(C)cccc3C)C(=O)[C@H]2C)cc(C(F)(F)F)c1.Cc1cccc(C)c1N.Cc1cccc(C)c1N1CC(C(=O)O)C(C)C1=O.O=C=O. The van der Waals surface area contributed by atoms with Gasteiger partial charge in [0.25, 0.3) is 0 Å². The van der Waals surface area contributed by atoms with Gasteiger partial charge in [-0.2, -0.15) is 49.1 Å². The number of para-hydroxylation sites is 4. The molecule has 3 aliphatic rings. The Kier molecular flexibility index (Phi) is 31.2. The summed E-state index contributed by atoms with van der Waals surface area (Å²) in [6, 6.07) is 33.6. The number of carboxylic acid groups (broad SMARTS) is 2. The third-order valence-electron chi connectivity index (χ3n) is 18.1. The maximum Gasteiger partial charge on any atom is 0.416 e. The largest absolute Gasteiger partial charge is 0.481 e. The van der Waals surface area contributed by atoms with Crippen molar-refractivity contribution >= 4 is 87.4 Å². The zero-order valence-electron chi connectivity index (χ0n) is 62.1. The highest BCUT2D eigenvalue weighted by atomic mass is 19.4. The Labute approximate surface area is 616 Å². The van der Waals surface area contributed by atoms with Crippen molar-refractivity contribution in [2.45, 2.75) is 129 Å². The first-order valence-electron chi connectivity index (χ1n) is 33.6. The number of aliphatic carboxylic acids is 2. The third-order valence-corrected chi connectivity index (χ3v) is 18.1. The zero-order chi connectivity index (χ0) is 81.2. The van der Waals surface area contributed by atoms with Crippen LogP contribution in [-0.4, -0.2) is 77.5 Å². The molecule has 10 rings (SSSR count). The fourth-order valence-electron chi connectivity index (χ4n) is 12.3. The molecule has 574 valence electrons. The van der Waals surface area contributed by atoms with Crippen LogP contribution in [-0.2, 0) is 61.7 Å². The van der Waals surface area contributed by atoms with Crippen molar-refractivity contribution in [2.75, 3.05) is 56.4 Å². The molecule has 0 spiro atoms. The predicted molar refractivity (Wildman–Crippen MR) is 393 cm³/mol. The molecule has 6 atom stereocenters. The molecular formula is C80H90F9N7O11. The molecule has 7 aromatic rings. The first-order chi connectivity index (χ1) is 49.6. The summed E-state index contributed by atoms with van der Waals surface area (Å²) in [5, 5.41) is 22.4. The number of halogens is 9. The van der Waals surface area contributed by atoms with Crippen molar-refractivity contribution in [3.63, 3.8) is 0 Å². The Bertz CT molecular complexity index is 4190. The Morgan fingerprint density at radius 2 is 0.720 bits per heavy atom. The number of amides is 5. The molecule has 18 nitrogen and oxygen atoms in total. The number of carbonyl (C=O) groups is 7. The molecular weight excluding hydrogens is 1410 g/mol. The van der Waals surface area contributed by atoms with Gasteiger partial charge in [-0.05, 0) is 198 Å². The van der Waals surface area contributed by atoms with Gasteiger partial charge in [-0.1, -0.05) is 107 Å². The van der Waals surface area contributed by atoms with E-state index < -0.39 is 94.5 Å². The molecule has 5 amide bonds. The number of benzene rings is 7. The lowest BCUT2D eigenvalue weighted by molar-refractivity contribution is -0.192. The van der Waals surface area contributed by atoms with E-state index in [1.54, 1.807) is 49.3 Å². The van der Waals surface area contributed by atoms with Gasteiger partial charge in [0.05, 0.1) is 40.4 Å². The van der Waals surface area contributed by atoms with Crippen LogP contribution in [0.15, 0.2) is 140 Å². The van der Waals surface area contributed by atoms with Crippen molar-refractivity contribution in [1.82, 2.24) is 0 Å². The van der Waals surface area contributed by atoms with Gasteiger partial charge in [0.2, 0.25) is 29.5 Å². The van der Waals surface area contributed by atoms with Gasteiger partial charge in [-0.3, -0.25) is 28.8 Å². The van der Waals surface area contributed by atoms with Gasteiger partial charge >= 0.3 is 36.6 Å². The molecule has 7 aromatic carbocycles. The minimum atomic E-state index is -4.50. The Morgan fingerprint density at radius 1 is 0.458 bits per heavy atom. The Balaban J connectivity index is 0.000000287. The summed E-state index contributed by atoms with van der Waals surface area (Å²) in [7, 11) is 0. The Morgan fingerprint density at radius 3 is 0.953 bits per heavy atom. The minimum absolute atomic E-state index is 0.0764. The number of alkyl halides is 9. The molecule has 27 heteroatoms. The van der Waals surface area contributed by atoms with Crippen LogP contribution in [0.2, 0.25) is 0 Å². The number of nitrogens with zero attached hydrogens (tertiary/aromatic N) is 3. The summed E-state index contributed by atoms with van der Waals surface area (Å²) in [4.78, 5) is 105. The number of hydrogen-bond acceptors (Lipinski definition) is 11.